The van der Waals surface area contributed by atoms with Crippen LogP contribution in [0.5, 0.6) is 0 Å². The molecule has 1 heterocycles. The molecule has 0 aliphatic carbocycles. The molecule has 0 aliphatic heterocycles. The van der Waals surface area contributed by atoms with Crippen molar-refractivity contribution in [1.29, 1.82) is 0 Å². The maximum atomic E-state index is 5.31. The molecule has 17 heavy (non-hydrogen) atoms. The van der Waals surface area contributed by atoms with E-state index in [2.05, 4.69) is 10.4 Å². The number of nitrogens with zero attached hydrogens (tertiary/aromatic N) is 3. The van der Waals surface area contributed by atoms with Gasteiger partial charge in [-0.25, -0.2) is 0 Å². The predicted octanol–water partition coefficient (Wildman–Crippen LogP) is 0.761. The largest absolute Gasteiger partial charge is 0.383 e. The summed E-state index contributed by atoms with van der Waals surface area (Å²) in [6, 6.07) is 0.212. The van der Waals surface area contributed by atoms with Gasteiger partial charge in [-0.2, -0.15) is 5.10 Å². The number of ether oxygens (including phenoxy) is 1. The minimum absolute atomic E-state index is 0.212. The molecule has 0 aliphatic rings. The van der Waals surface area contributed by atoms with E-state index in [1.165, 1.54) is 0 Å². The summed E-state index contributed by atoms with van der Waals surface area (Å²) in [5, 5.41) is 8.06. The molecule has 96 valence electrons. The predicted molar refractivity (Wildman–Crippen MR) is 71.7 cm³/mol. The van der Waals surface area contributed by atoms with Crippen molar-refractivity contribution in [3.05, 3.63) is 18.0 Å². The minimum atomic E-state index is 0.212. The number of methoxy groups -OCH3 is 1. The Kier molecular flexibility index (Phi) is 5.37. The number of nitrogens with one attached hydrogen (secondary N) is 1. The van der Waals surface area contributed by atoms with Crippen molar-refractivity contribution in [2.24, 2.45) is 7.05 Å². The highest BCUT2D eigenvalue weighted by molar-refractivity contribution is 7.80. The van der Waals surface area contributed by atoms with Gasteiger partial charge in [0.15, 0.2) is 5.11 Å². The molecule has 1 aromatic rings. The summed E-state index contributed by atoms with van der Waals surface area (Å²) < 4.78 is 6.84. The quantitative estimate of drug-likeness (QED) is 0.788. The molecule has 1 aromatic heterocycles. The molecule has 0 spiro atoms. The van der Waals surface area contributed by atoms with Crippen molar-refractivity contribution in [2.45, 2.75) is 19.5 Å². The van der Waals surface area contributed by atoms with Gasteiger partial charge in [-0.1, -0.05) is 0 Å². The fourth-order valence-corrected chi connectivity index (χ4v) is 1.78. The molecular weight excluding hydrogens is 236 g/mol. The molecule has 0 radical (unpaired) electrons. The lowest BCUT2D eigenvalue weighted by atomic mass is 10.3. The Labute approximate surface area is 108 Å². The van der Waals surface area contributed by atoms with E-state index < -0.39 is 0 Å². The summed E-state index contributed by atoms with van der Waals surface area (Å²) in [5.41, 5.74) is 1.14. The van der Waals surface area contributed by atoms with Crippen LogP contribution in [-0.4, -0.2) is 46.6 Å². The molecule has 1 atom stereocenters. The first kappa shape index (κ1) is 13.9. The monoisotopic (exact) mass is 256 g/mol. The van der Waals surface area contributed by atoms with Gasteiger partial charge in [0.05, 0.1) is 12.8 Å². The summed E-state index contributed by atoms with van der Waals surface area (Å²) in [6.07, 6.45) is 3.83. The summed E-state index contributed by atoms with van der Waals surface area (Å²) in [6.45, 7) is 3.42. The van der Waals surface area contributed by atoms with Gasteiger partial charge in [0.25, 0.3) is 0 Å². The van der Waals surface area contributed by atoms with Crippen LogP contribution in [0.25, 0.3) is 0 Å². The molecule has 0 aromatic carbocycles. The number of aryl methyl sites for hydroxylation is 1. The molecule has 0 fully saturated rings. The van der Waals surface area contributed by atoms with Crippen LogP contribution in [0.3, 0.4) is 0 Å². The van der Waals surface area contributed by atoms with Crippen molar-refractivity contribution in [3.63, 3.8) is 0 Å². The van der Waals surface area contributed by atoms with E-state index in [0.29, 0.717) is 6.61 Å². The van der Waals surface area contributed by atoms with Gasteiger partial charge in [0.2, 0.25) is 0 Å². The van der Waals surface area contributed by atoms with Gasteiger partial charge in [-0.15, -0.1) is 0 Å². The Balaban J connectivity index is 2.41. The smallest absolute Gasteiger partial charge is 0.169 e. The third-order valence-electron chi connectivity index (χ3n) is 2.31. The average Bonchev–Trinajstić information content (AvgIpc) is 2.64. The molecular formula is C11H20N4OS. The second-order valence-electron chi connectivity index (χ2n) is 4.18. The van der Waals surface area contributed by atoms with Crippen LogP contribution in [-0.2, 0) is 18.3 Å². The summed E-state index contributed by atoms with van der Waals surface area (Å²) >= 11 is 5.31. The first-order valence-electron chi connectivity index (χ1n) is 5.51. The van der Waals surface area contributed by atoms with Crippen molar-refractivity contribution in [1.82, 2.24) is 20.0 Å². The van der Waals surface area contributed by atoms with E-state index in [0.717, 1.165) is 17.2 Å². The van der Waals surface area contributed by atoms with Crippen LogP contribution >= 0.6 is 12.2 Å². The van der Waals surface area contributed by atoms with Crippen LogP contribution < -0.4 is 5.32 Å². The first-order valence-corrected chi connectivity index (χ1v) is 5.92. The molecule has 0 amide bonds. The Morgan fingerprint density at radius 3 is 2.94 bits per heavy atom. The fraction of sp³-hybridized carbons (Fsp3) is 0.636. The number of hydrogen-bond donors (Lipinski definition) is 1. The first-order chi connectivity index (χ1) is 8.02. The lowest BCUT2D eigenvalue weighted by Gasteiger charge is -2.23. The number of thiocarbonyl (C=S) groups is 1. The topological polar surface area (TPSA) is 42.3 Å². The molecule has 0 bridgehead atoms. The van der Waals surface area contributed by atoms with Gasteiger partial charge < -0.3 is 15.0 Å². The van der Waals surface area contributed by atoms with E-state index >= 15 is 0 Å². The van der Waals surface area contributed by atoms with Gasteiger partial charge in [-0.05, 0) is 19.1 Å². The number of rotatable bonds is 5. The summed E-state index contributed by atoms with van der Waals surface area (Å²) in [4.78, 5) is 1.98. The maximum absolute atomic E-state index is 5.31. The van der Waals surface area contributed by atoms with Gasteiger partial charge in [-0.3, -0.25) is 4.68 Å². The molecule has 5 nitrogen and oxygen atoms in total. The zero-order valence-corrected chi connectivity index (χ0v) is 11.6. The Bertz CT molecular complexity index is 366. The van der Waals surface area contributed by atoms with Crippen molar-refractivity contribution < 1.29 is 4.74 Å². The molecule has 0 saturated carbocycles. The van der Waals surface area contributed by atoms with Crippen LogP contribution in [0.4, 0.5) is 0 Å². The summed E-state index contributed by atoms with van der Waals surface area (Å²) in [7, 11) is 5.54. The van der Waals surface area contributed by atoms with E-state index in [1.54, 1.807) is 11.8 Å². The lowest BCUT2D eigenvalue weighted by molar-refractivity contribution is 0.178. The highest BCUT2D eigenvalue weighted by atomic mass is 32.1. The van der Waals surface area contributed by atoms with Gasteiger partial charge in [0, 0.05) is 45.6 Å². The number of aromatic nitrogens is 2. The maximum Gasteiger partial charge on any atom is 0.169 e. The van der Waals surface area contributed by atoms with Crippen molar-refractivity contribution in [3.8, 4) is 0 Å². The van der Waals surface area contributed by atoms with Crippen LogP contribution in [0.15, 0.2) is 12.4 Å². The van der Waals surface area contributed by atoms with E-state index in [1.807, 2.05) is 38.3 Å². The second kappa shape index (κ2) is 6.56. The van der Waals surface area contributed by atoms with Gasteiger partial charge >= 0.3 is 0 Å². The van der Waals surface area contributed by atoms with Crippen LogP contribution in [0.1, 0.15) is 12.5 Å². The molecule has 6 heteroatoms. The summed E-state index contributed by atoms with van der Waals surface area (Å²) in [5.74, 6) is 0. The lowest BCUT2D eigenvalue weighted by Crippen LogP contribution is -2.43. The van der Waals surface area contributed by atoms with E-state index in [4.69, 9.17) is 17.0 Å². The minimum Gasteiger partial charge on any atom is -0.383 e. The van der Waals surface area contributed by atoms with Crippen LogP contribution in [0.2, 0.25) is 0 Å². The zero-order chi connectivity index (χ0) is 12.8. The fourth-order valence-electron chi connectivity index (χ4n) is 1.51. The second-order valence-corrected chi connectivity index (χ2v) is 4.57. The third-order valence-corrected chi connectivity index (χ3v) is 2.74. The third kappa shape index (κ3) is 4.70. The van der Waals surface area contributed by atoms with Crippen molar-refractivity contribution in [2.75, 3.05) is 20.8 Å². The Hall–Kier alpha value is -1.14. The molecule has 1 rings (SSSR count). The highest BCUT2D eigenvalue weighted by Gasteiger charge is 2.09. The molecule has 0 saturated heterocycles. The molecule has 1 unspecified atom stereocenters. The van der Waals surface area contributed by atoms with E-state index in [9.17, 15) is 0 Å². The molecule has 1 N–H and O–H groups in total. The Morgan fingerprint density at radius 2 is 2.41 bits per heavy atom. The normalized spacial score (nSPS) is 12.2. The standard InChI is InChI=1S/C11H20N4OS/c1-9(8-16-4)13-11(17)14(2)6-10-5-12-15(3)7-10/h5,7,9H,6,8H2,1-4H3,(H,13,17). The Morgan fingerprint density at radius 1 is 1.71 bits per heavy atom. The van der Waals surface area contributed by atoms with Gasteiger partial charge in [0.1, 0.15) is 0 Å². The zero-order valence-electron chi connectivity index (χ0n) is 10.8. The van der Waals surface area contributed by atoms with Crippen LogP contribution in [0, 0.1) is 0 Å². The van der Waals surface area contributed by atoms with Crippen molar-refractivity contribution >= 4 is 17.3 Å². The van der Waals surface area contributed by atoms with E-state index in [-0.39, 0.29) is 6.04 Å². The highest BCUT2D eigenvalue weighted by Crippen LogP contribution is 2.01. The number of hydrogen-bond acceptors (Lipinski definition) is 3. The SMILES string of the molecule is COCC(C)NC(=S)N(C)Cc1cnn(C)c1. The average molecular weight is 256 g/mol.